The number of rotatable bonds is 21. The third-order valence-electron chi connectivity index (χ3n) is 6.96. The van der Waals surface area contributed by atoms with E-state index in [0.717, 1.165) is 5.75 Å². The van der Waals surface area contributed by atoms with Crippen molar-refractivity contribution in [2.75, 3.05) is 5.75 Å². The molecule has 0 saturated carbocycles. The van der Waals surface area contributed by atoms with E-state index in [1.807, 2.05) is 0 Å². The van der Waals surface area contributed by atoms with Crippen LogP contribution in [0.4, 0.5) is 0 Å². The largest absolute Gasteiger partial charge is 0.179 e. The molecule has 2 aromatic rings. The molecule has 0 N–H and O–H groups in total. The van der Waals surface area contributed by atoms with Crippen molar-refractivity contribution in [3.63, 3.8) is 0 Å². The molecule has 0 atom stereocenters. The highest BCUT2D eigenvalue weighted by molar-refractivity contribution is 7.80. The zero-order valence-corrected chi connectivity index (χ0v) is 22.2. The molecule has 0 radical (unpaired) electrons. The molecule has 0 spiro atoms. The summed E-state index contributed by atoms with van der Waals surface area (Å²) in [5.41, 5.74) is 4.27. The molecule has 0 aliphatic heterocycles. The van der Waals surface area contributed by atoms with Crippen LogP contribution < -0.4 is 0 Å². The molecule has 0 saturated heterocycles. The fraction of sp³-hybridized carbons (Fsp3) is 0.625. The zero-order chi connectivity index (χ0) is 23.2. The van der Waals surface area contributed by atoms with Gasteiger partial charge in [-0.3, -0.25) is 0 Å². The monoisotopic (exact) mass is 466 g/mol. The SMILES string of the molecule is SCCCCCCCCCCCCCCCCCCCCc1ccccc1-c1ccccc1. The average Bonchev–Trinajstić information content (AvgIpc) is 2.86. The molecule has 0 heterocycles. The Morgan fingerprint density at radius 2 is 0.788 bits per heavy atom. The lowest BCUT2D eigenvalue weighted by Crippen LogP contribution is -1.91. The molecule has 33 heavy (non-hydrogen) atoms. The van der Waals surface area contributed by atoms with E-state index in [0.29, 0.717) is 0 Å². The maximum Gasteiger partial charge on any atom is -0.00979 e. The van der Waals surface area contributed by atoms with E-state index in [1.54, 1.807) is 0 Å². The van der Waals surface area contributed by atoms with Crippen LogP contribution in [0.25, 0.3) is 11.1 Å². The van der Waals surface area contributed by atoms with Gasteiger partial charge in [0, 0.05) is 0 Å². The predicted octanol–water partition coefficient (Wildman–Crippen LogP) is 10.8. The molecule has 0 unspecified atom stereocenters. The number of aryl methyl sites for hydroxylation is 1. The molecule has 0 nitrogen and oxygen atoms in total. The topological polar surface area (TPSA) is 0 Å². The van der Waals surface area contributed by atoms with Crippen molar-refractivity contribution >= 4 is 12.6 Å². The van der Waals surface area contributed by atoms with E-state index in [-0.39, 0.29) is 0 Å². The Morgan fingerprint density at radius 1 is 0.394 bits per heavy atom. The smallest absolute Gasteiger partial charge is 0.00979 e. The molecule has 2 aromatic carbocycles. The third-order valence-corrected chi connectivity index (χ3v) is 7.27. The number of hydrogen-bond donors (Lipinski definition) is 1. The van der Waals surface area contributed by atoms with Crippen LogP contribution in [0, 0.1) is 0 Å². The summed E-state index contributed by atoms with van der Waals surface area (Å²) in [6, 6.07) is 19.8. The summed E-state index contributed by atoms with van der Waals surface area (Å²) in [6.45, 7) is 0. The van der Waals surface area contributed by atoms with Crippen molar-refractivity contribution in [2.45, 2.75) is 122 Å². The van der Waals surface area contributed by atoms with Gasteiger partial charge in [0.15, 0.2) is 0 Å². The molecule has 1 heteroatoms. The van der Waals surface area contributed by atoms with Gasteiger partial charge in [-0.05, 0) is 41.7 Å². The highest BCUT2D eigenvalue weighted by atomic mass is 32.1. The van der Waals surface area contributed by atoms with Crippen molar-refractivity contribution in [1.29, 1.82) is 0 Å². The van der Waals surface area contributed by atoms with E-state index in [2.05, 4.69) is 67.2 Å². The summed E-state index contributed by atoms with van der Waals surface area (Å²) in [5.74, 6) is 1.06. The van der Waals surface area contributed by atoms with Gasteiger partial charge in [0.1, 0.15) is 0 Å². The Bertz CT molecular complexity index is 678. The Morgan fingerprint density at radius 3 is 1.27 bits per heavy atom. The van der Waals surface area contributed by atoms with Gasteiger partial charge in [0.05, 0.1) is 0 Å². The summed E-state index contributed by atoms with van der Waals surface area (Å²) in [6.07, 6.45) is 26.8. The molecule has 0 aliphatic carbocycles. The highest BCUT2D eigenvalue weighted by Gasteiger charge is 2.04. The summed E-state index contributed by atoms with van der Waals surface area (Å²) in [5, 5.41) is 0. The Kier molecular flexibility index (Phi) is 17.1. The number of thiol groups is 1. The first-order chi connectivity index (χ1) is 16.4. The number of benzene rings is 2. The van der Waals surface area contributed by atoms with Crippen LogP contribution in [0.1, 0.15) is 121 Å². The number of unbranched alkanes of at least 4 members (excludes halogenated alkanes) is 17. The molecule has 0 fully saturated rings. The second kappa shape index (κ2) is 20.2. The van der Waals surface area contributed by atoms with Gasteiger partial charge in [-0.15, -0.1) is 0 Å². The van der Waals surface area contributed by atoms with Crippen molar-refractivity contribution in [2.24, 2.45) is 0 Å². The minimum absolute atomic E-state index is 1.06. The second-order valence-electron chi connectivity index (χ2n) is 9.86. The highest BCUT2D eigenvalue weighted by Crippen LogP contribution is 2.25. The number of hydrogen-bond acceptors (Lipinski definition) is 1. The fourth-order valence-corrected chi connectivity index (χ4v) is 5.12. The van der Waals surface area contributed by atoms with E-state index < -0.39 is 0 Å². The van der Waals surface area contributed by atoms with Crippen LogP contribution in [0.3, 0.4) is 0 Å². The average molecular weight is 467 g/mol. The minimum atomic E-state index is 1.06. The van der Waals surface area contributed by atoms with Crippen LogP contribution >= 0.6 is 12.6 Å². The summed E-state index contributed by atoms with van der Waals surface area (Å²) >= 11 is 4.28. The van der Waals surface area contributed by atoms with Crippen LogP contribution in [0.15, 0.2) is 54.6 Å². The first-order valence-corrected chi connectivity index (χ1v) is 14.8. The molecule has 0 bridgehead atoms. The van der Waals surface area contributed by atoms with E-state index in [4.69, 9.17) is 0 Å². The fourth-order valence-electron chi connectivity index (χ4n) is 4.89. The second-order valence-corrected chi connectivity index (χ2v) is 10.3. The molecular formula is C32H50S. The van der Waals surface area contributed by atoms with Crippen LogP contribution in [-0.4, -0.2) is 5.75 Å². The third kappa shape index (κ3) is 13.9. The summed E-state index contributed by atoms with van der Waals surface area (Å²) in [7, 11) is 0. The van der Waals surface area contributed by atoms with Gasteiger partial charge in [-0.1, -0.05) is 157 Å². The van der Waals surface area contributed by atoms with Gasteiger partial charge < -0.3 is 0 Å². The summed E-state index contributed by atoms with van der Waals surface area (Å²) in [4.78, 5) is 0. The quantitative estimate of drug-likeness (QED) is 0.137. The van der Waals surface area contributed by atoms with Gasteiger partial charge in [0.2, 0.25) is 0 Å². The maximum absolute atomic E-state index is 4.28. The van der Waals surface area contributed by atoms with Crippen molar-refractivity contribution in [3.05, 3.63) is 60.2 Å². The Balaban J connectivity index is 1.36. The summed E-state index contributed by atoms with van der Waals surface area (Å²) < 4.78 is 0. The predicted molar refractivity (Wildman–Crippen MR) is 153 cm³/mol. The Hall–Kier alpha value is -1.21. The molecule has 184 valence electrons. The van der Waals surface area contributed by atoms with Crippen molar-refractivity contribution in [1.82, 2.24) is 0 Å². The maximum atomic E-state index is 4.28. The van der Waals surface area contributed by atoms with Gasteiger partial charge >= 0.3 is 0 Å². The van der Waals surface area contributed by atoms with E-state index in [1.165, 1.54) is 139 Å². The normalized spacial score (nSPS) is 11.2. The van der Waals surface area contributed by atoms with Crippen LogP contribution in [0.2, 0.25) is 0 Å². The first kappa shape index (κ1) is 28.0. The molecule has 0 amide bonds. The van der Waals surface area contributed by atoms with E-state index in [9.17, 15) is 0 Å². The lowest BCUT2D eigenvalue weighted by atomic mass is 9.95. The molecule has 0 aromatic heterocycles. The molecule has 0 aliphatic rings. The molecular weight excluding hydrogens is 416 g/mol. The van der Waals surface area contributed by atoms with Crippen molar-refractivity contribution < 1.29 is 0 Å². The minimum Gasteiger partial charge on any atom is -0.179 e. The van der Waals surface area contributed by atoms with E-state index >= 15 is 0 Å². The standard InChI is InChI=1S/C32H50S/c33-29-23-16-14-12-10-8-6-4-2-1-3-5-7-9-11-13-15-18-24-31-27-21-22-28-32(31)30-25-19-17-20-26-30/h17,19-22,25-28,33H,1-16,18,23-24,29H2. The first-order valence-electron chi connectivity index (χ1n) is 14.2. The van der Waals surface area contributed by atoms with Gasteiger partial charge in [-0.25, -0.2) is 0 Å². The molecule has 2 rings (SSSR count). The van der Waals surface area contributed by atoms with Gasteiger partial charge in [-0.2, -0.15) is 12.6 Å². The lowest BCUT2D eigenvalue weighted by Gasteiger charge is -2.10. The van der Waals surface area contributed by atoms with Gasteiger partial charge in [0.25, 0.3) is 0 Å². The lowest BCUT2D eigenvalue weighted by molar-refractivity contribution is 0.525. The zero-order valence-electron chi connectivity index (χ0n) is 21.3. The van der Waals surface area contributed by atoms with Crippen molar-refractivity contribution in [3.8, 4) is 11.1 Å². The Labute approximate surface area is 211 Å². The van der Waals surface area contributed by atoms with Crippen LogP contribution in [0.5, 0.6) is 0 Å². The van der Waals surface area contributed by atoms with Crippen LogP contribution in [-0.2, 0) is 6.42 Å².